The number of carbonyl (C=O) groups excluding carboxylic acids is 1. The molecule has 2 fully saturated rings. The van der Waals surface area contributed by atoms with E-state index in [2.05, 4.69) is 31.9 Å². The number of hydrogen-bond acceptors (Lipinski definition) is 5. The number of amides is 1. The number of aliphatic hydroxyl groups is 1. The summed E-state index contributed by atoms with van der Waals surface area (Å²) in [5, 5.41) is 12.5. The lowest BCUT2D eigenvalue weighted by atomic mass is 9.48. The molecule has 2 aliphatic carbocycles. The fraction of sp³-hybridized carbons (Fsp3) is 0.516. The van der Waals surface area contributed by atoms with Crippen molar-refractivity contribution in [3.63, 3.8) is 0 Å². The summed E-state index contributed by atoms with van der Waals surface area (Å²) in [7, 11) is 3.80. The predicted octanol–water partition coefficient (Wildman–Crippen LogP) is 4.05. The number of likely N-dealkylation sites (N-methyl/N-ethyl adjacent to an activating group) is 1. The number of rotatable bonds is 6. The van der Waals surface area contributed by atoms with Crippen molar-refractivity contribution in [2.24, 2.45) is 5.92 Å². The van der Waals surface area contributed by atoms with E-state index in [9.17, 15) is 9.90 Å². The molecule has 196 valence electrons. The molecule has 1 spiro atoms. The first-order chi connectivity index (χ1) is 17.8. The molecule has 2 aromatic rings. The second-order valence-electron chi connectivity index (χ2n) is 11.8. The summed E-state index contributed by atoms with van der Waals surface area (Å²) in [4.78, 5) is 18.1. The van der Waals surface area contributed by atoms with Crippen molar-refractivity contribution in [3.8, 4) is 11.5 Å². The highest BCUT2D eigenvalue weighted by Gasteiger charge is 2.73. The van der Waals surface area contributed by atoms with Gasteiger partial charge in [0, 0.05) is 24.2 Å². The molecule has 37 heavy (non-hydrogen) atoms. The number of nitrogens with zero attached hydrogens (tertiary/aromatic N) is 2. The summed E-state index contributed by atoms with van der Waals surface area (Å²) in [5.74, 6) is 1.79. The molecule has 1 amide bonds. The normalized spacial score (nSPS) is 31.8. The maximum absolute atomic E-state index is 13.8. The van der Waals surface area contributed by atoms with Gasteiger partial charge >= 0.3 is 0 Å². The van der Waals surface area contributed by atoms with E-state index in [0.717, 1.165) is 36.3 Å². The maximum atomic E-state index is 13.8. The Kier molecular flexibility index (Phi) is 5.88. The SMILES string of the molecule is COc1ccc2c3c1O[C@H]1[C@H](N(CC(C)C)C(=O)C=Cc4ccccc4)CC[C@@]4(O)[C@@H](C2)N(C)CC[C@]314. The third-order valence-corrected chi connectivity index (χ3v) is 9.37. The Morgan fingerprint density at radius 3 is 2.76 bits per heavy atom. The average molecular weight is 503 g/mol. The average Bonchev–Trinajstić information content (AvgIpc) is 3.24. The molecule has 6 heteroatoms. The van der Waals surface area contributed by atoms with Gasteiger partial charge in [0.05, 0.1) is 24.2 Å². The van der Waals surface area contributed by atoms with E-state index in [1.807, 2.05) is 47.4 Å². The highest BCUT2D eigenvalue weighted by atomic mass is 16.5. The fourth-order valence-electron chi connectivity index (χ4n) is 7.81. The Hall–Kier alpha value is -2.83. The van der Waals surface area contributed by atoms with Crippen LogP contribution in [0.15, 0.2) is 48.5 Å². The van der Waals surface area contributed by atoms with E-state index in [1.54, 1.807) is 13.2 Å². The number of likely N-dealkylation sites (tertiary alicyclic amines) is 1. The van der Waals surface area contributed by atoms with Crippen molar-refractivity contribution in [2.75, 3.05) is 27.2 Å². The fourth-order valence-corrected chi connectivity index (χ4v) is 7.81. The lowest BCUT2D eigenvalue weighted by Gasteiger charge is -2.64. The monoisotopic (exact) mass is 502 g/mol. The number of hydrogen-bond donors (Lipinski definition) is 1. The summed E-state index contributed by atoms with van der Waals surface area (Å²) in [5.41, 5.74) is 1.92. The van der Waals surface area contributed by atoms with E-state index < -0.39 is 11.0 Å². The number of carbonyl (C=O) groups is 1. The van der Waals surface area contributed by atoms with Crippen molar-refractivity contribution in [3.05, 3.63) is 65.2 Å². The zero-order chi connectivity index (χ0) is 25.9. The quantitative estimate of drug-likeness (QED) is 0.604. The Balaban J connectivity index is 1.44. The van der Waals surface area contributed by atoms with Gasteiger partial charge in [0.15, 0.2) is 11.5 Å². The van der Waals surface area contributed by atoms with E-state index >= 15 is 0 Å². The van der Waals surface area contributed by atoms with Crippen LogP contribution in [0, 0.1) is 5.92 Å². The molecule has 2 bridgehead atoms. The second-order valence-corrected chi connectivity index (χ2v) is 11.8. The van der Waals surface area contributed by atoms with Crippen LogP contribution in [0.2, 0.25) is 0 Å². The van der Waals surface area contributed by atoms with Gasteiger partial charge in [0.2, 0.25) is 5.91 Å². The Morgan fingerprint density at radius 2 is 2.03 bits per heavy atom. The molecule has 0 radical (unpaired) electrons. The van der Waals surface area contributed by atoms with Gasteiger partial charge in [0.25, 0.3) is 0 Å². The van der Waals surface area contributed by atoms with Gasteiger partial charge in [-0.3, -0.25) is 4.79 Å². The standard InChI is InChI=1S/C31H38N2O4/c1-20(2)19-33(26(34)13-10-21-8-6-5-7-9-21)23-14-15-31(35)25-18-22-11-12-24(36-4)28-27(22)30(31,29(23)37-28)16-17-32(25)3/h5-13,20,23,25,29,35H,14-19H2,1-4H3/t23-,25-,29+,30+,31-/m1/s1. The molecule has 0 unspecified atom stereocenters. The van der Waals surface area contributed by atoms with Crippen LogP contribution in [-0.2, 0) is 16.6 Å². The van der Waals surface area contributed by atoms with Crippen molar-refractivity contribution in [2.45, 2.75) is 68.7 Å². The second kappa shape index (κ2) is 8.88. The van der Waals surface area contributed by atoms with Crippen LogP contribution < -0.4 is 9.47 Å². The van der Waals surface area contributed by atoms with Crippen molar-refractivity contribution < 1.29 is 19.4 Å². The van der Waals surface area contributed by atoms with Gasteiger partial charge in [-0.15, -0.1) is 0 Å². The van der Waals surface area contributed by atoms with Gasteiger partial charge in [0.1, 0.15) is 6.10 Å². The zero-order valence-corrected chi connectivity index (χ0v) is 22.3. The molecule has 5 atom stereocenters. The van der Waals surface area contributed by atoms with Gasteiger partial charge in [-0.05, 0) is 68.5 Å². The summed E-state index contributed by atoms with van der Waals surface area (Å²) in [6.07, 6.45) is 6.22. The Bertz CT molecular complexity index is 1230. The highest BCUT2D eigenvalue weighted by molar-refractivity contribution is 5.92. The maximum Gasteiger partial charge on any atom is 0.246 e. The minimum Gasteiger partial charge on any atom is -0.493 e. The molecule has 6 nitrogen and oxygen atoms in total. The number of piperidine rings is 1. The van der Waals surface area contributed by atoms with Crippen LogP contribution in [0.1, 0.15) is 49.8 Å². The van der Waals surface area contributed by atoms with E-state index in [4.69, 9.17) is 9.47 Å². The van der Waals surface area contributed by atoms with Gasteiger partial charge in [-0.1, -0.05) is 50.2 Å². The summed E-state index contributed by atoms with van der Waals surface area (Å²) in [6, 6.07) is 14.0. The summed E-state index contributed by atoms with van der Waals surface area (Å²) >= 11 is 0. The van der Waals surface area contributed by atoms with Gasteiger partial charge in [-0.25, -0.2) is 0 Å². The molecule has 1 N–H and O–H groups in total. The van der Waals surface area contributed by atoms with E-state index in [1.165, 1.54) is 5.56 Å². The molecule has 6 rings (SSSR count). The molecular formula is C31H38N2O4. The largest absolute Gasteiger partial charge is 0.493 e. The van der Waals surface area contributed by atoms with Crippen LogP contribution in [0.3, 0.4) is 0 Å². The third-order valence-electron chi connectivity index (χ3n) is 9.37. The summed E-state index contributed by atoms with van der Waals surface area (Å²) in [6.45, 7) is 5.83. The molecule has 2 aromatic carbocycles. The minimum atomic E-state index is -0.905. The van der Waals surface area contributed by atoms with Crippen molar-refractivity contribution >= 4 is 12.0 Å². The molecule has 1 saturated carbocycles. The molecule has 4 aliphatic rings. The van der Waals surface area contributed by atoms with Crippen LogP contribution in [0.25, 0.3) is 6.08 Å². The van der Waals surface area contributed by atoms with Crippen molar-refractivity contribution in [1.82, 2.24) is 9.80 Å². The Morgan fingerprint density at radius 1 is 1.24 bits per heavy atom. The number of benzene rings is 2. The summed E-state index contributed by atoms with van der Waals surface area (Å²) < 4.78 is 12.6. The Labute approximate surface area is 219 Å². The number of ether oxygens (including phenoxy) is 2. The lowest BCUT2D eigenvalue weighted by molar-refractivity contribution is -0.197. The van der Waals surface area contributed by atoms with Crippen LogP contribution in [0.4, 0.5) is 0 Å². The lowest BCUT2D eigenvalue weighted by Crippen LogP contribution is -2.78. The van der Waals surface area contributed by atoms with E-state index in [0.29, 0.717) is 31.1 Å². The van der Waals surface area contributed by atoms with Crippen LogP contribution in [0.5, 0.6) is 11.5 Å². The first-order valence-electron chi connectivity index (χ1n) is 13.6. The minimum absolute atomic E-state index is 0.00331. The predicted molar refractivity (Wildman–Crippen MR) is 144 cm³/mol. The first-order valence-corrected chi connectivity index (χ1v) is 13.6. The van der Waals surface area contributed by atoms with Crippen LogP contribution in [-0.4, -0.2) is 71.8 Å². The smallest absolute Gasteiger partial charge is 0.246 e. The molecular weight excluding hydrogens is 464 g/mol. The first kappa shape index (κ1) is 24.5. The molecule has 1 saturated heterocycles. The highest BCUT2D eigenvalue weighted by Crippen LogP contribution is 2.65. The molecule has 0 aromatic heterocycles. The van der Waals surface area contributed by atoms with Crippen molar-refractivity contribution in [1.29, 1.82) is 0 Å². The molecule has 2 heterocycles. The molecule has 2 aliphatic heterocycles. The van der Waals surface area contributed by atoms with E-state index in [-0.39, 0.29) is 24.1 Å². The van der Waals surface area contributed by atoms with Gasteiger partial charge in [-0.2, -0.15) is 0 Å². The number of methoxy groups -OCH3 is 1. The zero-order valence-electron chi connectivity index (χ0n) is 22.3. The van der Waals surface area contributed by atoms with Gasteiger partial charge < -0.3 is 24.4 Å². The topological polar surface area (TPSA) is 62.2 Å². The third kappa shape index (κ3) is 3.48. The van der Waals surface area contributed by atoms with Crippen LogP contribution >= 0.6 is 0 Å².